The number of hydrogen-bond acceptors (Lipinski definition) is 2. The molecule has 1 fully saturated rings. The van der Waals surface area contributed by atoms with E-state index in [4.69, 9.17) is 0 Å². The summed E-state index contributed by atoms with van der Waals surface area (Å²) in [7, 11) is 0. The van der Waals surface area contributed by atoms with Crippen LogP contribution in [0.5, 0.6) is 0 Å². The molecule has 0 aliphatic carbocycles. The molecular formula is C11H24N2. The molecule has 0 bridgehead atoms. The first kappa shape index (κ1) is 11.0. The van der Waals surface area contributed by atoms with Crippen LogP contribution in [-0.2, 0) is 0 Å². The van der Waals surface area contributed by atoms with Crippen LogP contribution >= 0.6 is 0 Å². The van der Waals surface area contributed by atoms with Crippen molar-refractivity contribution in [2.75, 3.05) is 26.2 Å². The molecule has 1 saturated heterocycles. The highest BCUT2D eigenvalue weighted by Crippen LogP contribution is 2.11. The summed E-state index contributed by atoms with van der Waals surface area (Å²) < 4.78 is 0. The smallest absolute Gasteiger partial charge is 0.0133 e. The van der Waals surface area contributed by atoms with Crippen LogP contribution in [0.4, 0.5) is 0 Å². The van der Waals surface area contributed by atoms with E-state index in [0.717, 1.165) is 0 Å². The van der Waals surface area contributed by atoms with Crippen molar-refractivity contribution < 1.29 is 0 Å². The molecule has 0 radical (unpaired) electrons. The number of nitrogens with zero attached hydrogens (tertiary/aromatic N) is 2. The Labute approximate surface area is 82.9 Å². The van der Waals surface area contributed by atoms with Crippen LogP contribution in [0.2, 0.25) is 0 Å². The number of piperidine rings is 1. The van der Waals surface area contributed by atoms with Gasteiger partial charge in [-0.15, -0.1) is 0 Å². The van der Waals surface area contributed by atoms with E-state index in [-0.39, 0.29) is 0 Å². The Hall–Kier alpha value is -0.0800. The normalized spacial score (nSPS) is 19.6. The predicted molar refractivity (Wildman–Crippen MR) is 57.6 cm³/mol. The van der Waals surface area contributed by atoms with Crippen LogP contribution in [0.1, 0.15) is 46.0 Å². The van der Waals surface area contributed by atoms with Gasteiger partial charge in [-0.3, -0.25) is 0 Å². The van der Waals surface area contributed by atoms with Crippen molar-refractivity contribution in [1.82, 2.24) is 10.0 Å². The van der Waals surface area contributed by atoms with Gasteiger partial charge in [-0.25, -0.2) is 10.0 Å². The average Bonchev–Trinajstić information content (AvgIpc) is 2.21. The zero-order valence-electron chi connectivity index (χ0n) is 9.26. The summed E-state index contributed by atoms with van der Waals surface area (Å²) in [6, 6.07) is 0. The number of unbranched alkanes of at least 4 members (excludes halogenated alkanes) is 1. The average molecular weight is 184 g/mol. The van der Waals surface area contributed by atoms with Gasteiger partial charge in [0.15, 0.2) is 0 Å². The minimum absolute atomic E-state index is 1.18. The second-order valence-electron chi connectivity index (χ2n) is 3.91. The summed E-state index contributed by atoms with van der Waals surface area (Å²) in [5.74, 6) is 0. The molecule has 0 aromatic rings. The van der Waals surface area contributed by atoms with Crippen molar-refractivity contribution in [3.63, 3.8) is 0 Å². The van der Waals surface area contributed by atoms with Crippen molar-refractivity contribution in [1.29, 1.82) is 0 Å². The minimum Gasteiger partial charge on any atom is -0.242 e. The Bertz CT molecular complexity index is 119. The van der Waals surface area contributed by atoms with Gasteiger partial charge in [0.25, 0.3) is 0 Å². The molecule has 1 aliphatic heterocycles. The number of hydrogen-bond donors (Lipinski definition) is 0. The first-order valence-electron chi connectivity index (χ1n) is 5.88. The number of hydrazine groups is 1. The van der Waals surface area contributed by atoms with E-state index in [9.17, 15) is 0 Å². The van der Waals surface area contributed by atoms with Crippen molar-refractivity contribution in [2.24, 2.45) is 0 Å². The monoisotopic (exact) mass is 184 g/mol. The van der Waals surface area contributed by atoms with E-state index >= 15 is 0 Å². The molecule has 0 aromatic carbocycles. The Balaban J connectivity index is 2.26. The molecule has 0 amide bonds. The third-order valence-electron chi connectivity index (χ3n) is 2.87. The van der Waals surface area contributed by atoms with Gasteiger partial charge in [-0.1, -0.05) is 26.7 Å². The van der Waals surface area contributed by atoms with Crippen molar-refractivity contribution in [3.05, 3.63) is 0 Å². The molecule has 1 rings (SSSR count). The predicted octanol–water partition coefficient (Wildman–Crippen LogP) is 2.51. The van der Waals surface area contributed by atoms with Gasteiger partial charge < -0.3 is 0 Å². The van der Waals surface area contributed by atoms with E-state index < -0.39 is 0 Å². The zero-order chi connectivity index (χ0) is 9.52. The van der Waals surface area contributed by atoms with Crippen LogP contribution in [0.25, 0.3) is 0 Å². The lowest BCUT2D eigenvalue weighted by Crippen LogP contribution is -2.45. The highest BCUT2D eigenvalue weighted by atomic mass is 15.6. The van der Waals surface area contributed by atoms with Crippen LogP contribution in [0.3, 0.4) is 0 Å². The van der Waals surface area contributed by atoms with Gasteiger partial charge in [0, 0.05) is 26.2 Å². The molecule has 2 heteroatoms. The topological polar surface area (TPSA) is 6.48 Å². The standard InChI is InChI=1S/C11H24N2/c1-3-5-9-12(4-2)13-10-7-6-8-11-13/h3-11H2,1-2H3. The van der Waals surface area contributed by atoms with Crippen LogP contribution < -0.4 is 0 Å². The van der Waals surface area contributed by atoms with E-state index in [2.05, 4.69) is 23.9 Å². The zero-order valence-corrected chi connectivity index (χ0v) is 9.26. The van der Waals surface area contributed by atoms with Crippen LogP contribution in [0, 0.1) is 0 Å². The maximum absolute atomic E-state index is 2.55. The second-order valence-corrected chi connectivity index (χ2v) is 3.91. The fraction of sp³-hybridized carbons (Fsp3) is 1.00. The molecule has 0 unspecified atom stereocenters. The van der Waals surface area contributed by atoms with Crippen molar-refractivity contribution in [2.45, 2.75) is 46.0 Å². The number of rotatable bonds is 5. The molecule has 0 atom stereocenters. The largest absolute Gasteiger partial charge is 0.242 e. The molecule has 0 spiro atoms. The fourth-order valence-corrected chi connectivity index (χ4v) is 2.00. The summed E-state index contributed by atoms with van der Waals surface area (Å²) in [6.07, 6.45) is 6.86. The highest BCUT2D eigenvalue weighted by molar-refractivity contribution is 4.63. The SMILES string of the molecule is CCCCN(CC)N1CCCCC1. The van der Waals surface area contributed by atoms with Crippen LogP contribution in [0.15, 0.2) is 0 Å². The molecule has 0 N–H and O–H groups in total. The molecule has 0 saturated carbocycles. The lowest BCUT2D eigenvalue weighted by molar-refractivity contribution is -0.0360. The molecule has 2 nitrogen and oxygen atoms in total. The van der Waals surface area contributed by atoms with Gasteiger partial charge >= 0.3 is 0 Å². The molecule has 78 valence electrons. The third-order valence-corrected chi connectivity index (χ3v) is 2.87. The minimum atomic E-state index is 1.18. The van der Waals surface area contributed by atoms with Gasteiger partial charge in [0.2, 0.25) is 0 Å². The third kappa shape index (κ3) is 3.65. The summed E-state index contributed by atoms with van der Waals surface area (Å²) in [5, 5.41) is 5.09. The molecule has 0 aromatic heterocycles. The summed E-state index contributed by atoms with van der Waals surface area (Å²) in [4.78, 5) is 0. The van der Waals surface area contributed by atoms with Crippen molar-refractivity contribution >= 4 is 0 Å². The lowest BCUT2D eigenvalue weighted by atomic mass is 10.1. The summed E-state index contributed by atoms with van der Waals surface area (Å²) >= 11 is 0. The van der Waals surface area contributed by atoms with Crippen LogP contribution in [-0.4, -0.2) is 36.2 Å². The van der Waals surface area contributed by atoms with Gasteiger partial charge in [-0.05, 0) is 19.3 Å². The Morgan fingerprint density at radius 2 is 1.77 bits per heavy atom. The Morgan fingerprint density at radius 3 is 2.31 bits per heavy atom. The molecular weight excluding hydrogens is 160 g/mol. The van der Waals surface area contributed by atoms with Gasteiger partial charge in [-0.2, -0.15) is 0 Å². The van der Waals surface area contributed by atoms with E-state index in [1.54, 1.807) is 0 Å². The Kier molecular flexibility index (Phi) is 5.40. The maximum atomic E-state index is 2.55. The van der Waals surface area contributed by atoms with Gasteiger partial charge in [0.05, 0.1) is 0 Å². The van der Waals surface area contributed by atoms with Crippen molar-refractivity contribution in [3.8, 4) is 0 Å². The second kappa shape index (κ2) is 6.39. The maximum Gasteiger partial charge on any atom is 0.0133 e. The van der Waals surface area contributed by atoms with Gasteiger partial charge in [0.1, 0.15) is 0 Å². The Morgan fingerprint density at radius 1 is 1.08 bits per heavy atom. The van der Waals surface area contributed by atoms with E-state index in [1.165, 1.54) is 58.3 Å². The summed E-state index contributed by atoms with van der Waals surface area (Å²) in [5.41, 5.74) is 0. The quantitative estimate of drug-likeness (QED) is 0.648. The highest BCUT2D eigenvalue weighted by Gasteiger charge is 2.15. The molecule has 1 aliphatic rings. The first-order valence-corrected chi connectivity index (χ1v) is 5.88. The molecule has 1 heterocycles. The lowest BCUT2D eigenvalue weighted by Gasteiger charge is -2.36. The van der Waals surface area contributed by atoms with E-state index in [1.807, 2.05) is 0 Å². The van der Waals surface area contributed by atoms with E-state index in [0.29, 0.717) is 0 Å². The fourth-order valence-electron chi connectivity index (χ4n) is 2.00. The first-order chi connectivity index (χ1) is 6.38. The summed E-state index contributed by atoms with van der Waals surface area (Å²) in [6.45, 7) is 9.55. The molecule has 13 heavy (non-hydrogen) atoms.